The van der Waals surface area contributed by atoms with Gasteiger partial charge in [0, 0.05) is 12.6 Å². The van der Waals surface area contributed by atoms with Gasteiger partial charge in [-0.15, -0.1) is 0 Å². The number of hydrogen-bond donors (Lipinski definition) is 1. The number of carbonyl (C=O) groups is 1. The number of amides is 1. The topological polar surface area (TPSA) is 38.3 Å². The van der Waals surface area contributed by atoms with Crippen molar-refractivity contribution in [3.05, 3.63) is 59.9 Å². The molecule has 0 radical (unpaired) electrons. The minimum Gasteiger partial charge on any atom is -0.505 e. The number of ether oxygens (including phenoxy) is 1. The molecule has 1 aromatic rings. The van der Waals surface area contributed by atoms with Crippen LogP contribution in [0.4, 0.5) is 0 Å². The van der Waals surface area contributed by atoms with E-state index in [9.17, 15) is 4.79 Å². The molecule has 0 unspecified atom stereocenters. The van der Waals surface area contributed by atoms with E-state index in [1.807, 2.05) is 26.8 Å². The molecule has 1 N–H and O–H groups in total. The summed E-state index contributed by atoms with van der Waals surface area (Å²) in [4.78, 5) is 10.6. The predicted molar refractivity (Wildman–Crippen MR) is 133 cm³/mol. The number of benzene rings is 1. The van der Waals surface area contributed by atoms with Crippen molar-refractivity contribution in [1.82, 2.24) is 5.32 Å². The Morgan fingerprint density at radius 1 is 1.13 bits per heavy atom. The molecular formula is C27H47NO2. The summed E-state index contributed by atoms with van der Waals surface area (Å²) in [6, 6.07) is 10.9. The van der Waals surface area contributed by atoms with E-state index in [4.69, 9.17) is 0 Å². The van der Waals surface area contributed by atoms with Crippen molar-refractivity contribution in [2.75, 3.05) is 14.2 Å². The molecule has 0 aliphatic heterocycles. The average Bonchev–Trinajstić information content (AvgIpc) is 2.79. The van der Waals surface area contributed by atoms with Gasteiger partial charge in [0.25, 0.3) is 0 Å². The number of allylic oxidation sites excluding steroid dienone is 2. The molecule has 0 atom stereocenters. The fourth-order valence-electron chi connectivity index (χ4n) is 3.19. The molecule has 0 saturated heterocycles. The molecule has 0 heterocycles. The minimum absolute atomic E-state index is 0.00694. The predicted octanol–water partition coefficient (Wildman–Crippen LogP) is 7.48. The molecule has 172 valence electrons. The lowest BCUT2D eigenvalue weighted by Crippen LogP contribution is -2.22. The van der Waals surface area contributed by atoms with E-state index in [0.29, 0.717) is 5.41 Å². The van der Waals surface area contributed by atoms with Crippen molar-refractivity contribution in [3.8, 4) is 0 Å². The van der Waals surface area contributed by atoms with Crippen molar-refractivity contribution in [2.45, 2.75) is 86.5 Å². The third kappa shape index (κ3) is 15.8. The highest BCUT2D eigenvalue weighted by atomic mass is 16.5. The first-order valence-electron chi connectivity index (χ1n) is 11.5. The Balaban J connectivity index is 0. The van der Waals surface area contributed by atoms with Crippen molar-refractivity contribution in [1.29, 1.82) is 0 Å². The van der Waals surface area contributed by atoms with Crippen LogP contribution in [0.3, 0.4) is 0 Å². The molecule has 0 spiro atoms. The number of nitrogens with one attached hydrogen (secondary N) is 1. The summed E-state index contributed by atoms with van der Waals surface area (Å²) in [5.41, 5.74) is 2.85. The SMILES string of the molecule is C/C=C(\C)C(=O)NC.CC.CC/C=C/OC.CC1(Cc2ccccc2)CCCCC1. The van der Waals surface area contributed by atoms with Crippen LogP contribution in [0.2, 0.25) is 0 Å². The van der Waals surface area contributed by atoms with Crippen LogP contribution in [0.5, 0.6) is 0 Å². The summed E-state index contributed by atoms with van der Waals surface area (Å²) in [7, 11) is 3.27. The summed E-state index contributed by atoms with van der Waals surface area (Å²) in [6.07, 6.45) is 14.9. The van der Waals surface area contributed by atoms with Crippen LogP contribution in [0.15, 0.2) is 54.3 Å². The Hall–Kier alpha value is -2.03. The quantitative estimate of drug-likeness (QED) is 0.398. The summed E-state index contributed by atoms with van der Waals surface area (Å²) in [5.74, 6) is -0.00694. The van der Waals surface area contributed by atoms with Crippen LogP contribution in [0.25, 0.3) is 0 Å². The molecule has 1 aliphatic carbocycles. The molecule has 1 fully saturated rings. The summed E-state index contributed by atoms with van der Waals surface area (Å²) >= 11 is 0. The number of hydrogen-bond acceptors (Lipinski definition) is 2. The maximum atomic E-state index is 10.6. The van der Waals surface area contributed by atoms with Gasteiger partial charge in [0.05, 0.1) is 13.4 Å². The van der Waals surface area contributed by atoms with Crippen molar-refractivity contribution < 1.29 is 9.53 Å². The van der Waals surface area contributed by atoms with Gasteiger partial charge in [-0.05, 0) is 50.5 Å². The summed E-state index contributed by atoms with van der Waals surface area (Å²) < 4.78 is 4.60. The fourth-order valence-corrected chi connectivity index (χ4v) is 3.19. The first-order valence-corrected chi connectivity index (χ1v) is 11.5. The number of rotatable bonds is 5. The second-order valence-corrected chi connectivity index (χ2v) is 7.60. The molecule has 2 rings (SSSR count). The third-order valence-electron chi connectivity index (χ3n) is 5.02. The van der Waals surface area contributed by atoms with Gasteiger partial charge in [0.2, 0.25) is 5.91 Å². The second-order valence-electron chi connectivity index (χ2n) is 7.60. The van der Waals surface area contributed by atoms with Gasteiger partial charge in [-0.1, -0.05) is 89.4 Å². The van der Waals surface area contributed by atoms with Crippen LogP contribution in [0, 0.1) is 5.41 Å². The van der Waals surface area contributed by atoms with Crippen molar-refractivity contribution in [3.63, 3.8) is 0 Å². The van der Waals surface area contributed by atoms with E-state index >= 15 is 0 Å². The van der Waals surface area contributed by atoms with Crippen molar-refractivity contribution in [2.24, 2.45) is 5.41 Å². The first-order chi connectivity index (χ1) is 14.4. The zero-order valence-corrected chi connectivity index (χ0v) is 20.9. The van der Waals surface area contributed by atoms with Crippen LogP contribution < -0.4 is 5.32 Å². The highest BCUT2D eigenvalue weighted by Crippen LogP contribution is 2.38. The molecule has 3 heteroatoms. The van der Waals surface area contributed by atoms with Gasteiger partial charge in [-0.25, -0.2) is 0 Å². The Labute approximate surface area is 187 Å². The van der Waals surface area contributed by atoms with Gasteiger partial charge < -0.3 is 10.1 Å². The standard InChI is InChI=1S/C14H20.C6H11NO.C5H10O.C2H6/c1-14(10-6-3-7-11-14)12-13-8-4-2-5-9-13;1-4-5(2)6(8)7-3;1-3-4-5-6-2;1-2/h2,4-5,8-9H,3,6-7,10-12H2,1H3;4H,1-3H3,(H,7,8);4-5H,3H2,1-2H3;1-2H3/b;2*5-4+;. The Morgan fingerprint density at radius 2 is 1.70 bits per heavy atom. The molecule has 1 amide bonds. The van der Waals surface area contributed by atoms with E-state index in [-0.39, 0.29) is 5.91 Å². The highest BCUT2D eigenvalue weighted by molar-refractivity contribution is 5.92. The fraction of sp³-hybridized carbons (Fsp3) is 0.593. The van der Waals surface area contributed by atoms with E-state index in [0.717, 1.165) is 12.0 Å². The van der Waals surface area contributed by atoms with Gasteiger partial charge in [0.1, 0.15) is 0 Å². The third-order valence-corrected chi connectivity index (χ3v) is 5.02. The number of methoxy groups -OCH3 is 1. The average molecular weight is 418 g/mol. The molecule has 3 nitrogen and oxygen atoms in total. The molecule has 0 bridgehead atoms. The molecule has 30 heavy (non-hydrogen) atoms. The maximum absolute atomic E-state index is 10.6. The molecular weight excluding hydrogens is 370 g/mol. The lowest BCUT2D eigenvalue weighted by Gasteiger charge is -2.33. The molecule has 1 aliphatic rings. The number of carbonyl (C=O) groups excluding carboxylic acids is 1. The molecule has 1 aromatic carbocycles. The van der Waals surface area contributed by atoms with Gasteiger partial charge >= 0.3 is 0 Å². The Bertz CT molecular complexity index is 564. The maximum Gasteiger partial charge on any atom is 0.246 e. The zero-order chi connectivity index (χ0) is 23.3. The van der Waals surface area contributed by atoms with Crippen LogP contribution in [-0.4, -0.2) is 20.1 Å². The first kappa shape index (κ1) is 30.2. The zero-order valence-electron chi connectivity index (χ0n) is 20.9. The van der Waals surface area contributed by atoms with Gasteiger partial charge in [-0.3, -0.25) is 4.79 Å². The largest absolute Gasteiger partial charge is 0.505 e. The van der Waals surface area contributed by atoms with Gasteiger partial charge in [-0.2, -0.15) is 0 Å². The highest BCUT2D eigenvalue weighted by Gasteiger charge is 2.26. The van der Waals surface area contributed by atoms with Crippen LogP contribution in [0.1, 0.15) is 85.6 Å². The Morgan fingerprint density at radius 3 is 2.07 bits per heavy atom. The van der Waals surface area contributed by atoms with E-state index in [1.165, 1.54) is 44.1 Å². The lowest BCUT2D eigenvalue weighted by molar-refractivity contribution is -0.117. The van der Waals surface area contributed by atoms with Crippen LogP contribution >= 0.6 is 0 Å². The second kappa shape index (κ2) is 20.3. The number of likely N-dealkylation sites (N-methyl/N-ethyl adjacent to an activating group) is 1. The van der Waals surface area contributed by atoms with E-state index in [2.05, 4.69) is 54.2 Å². The monoisotopic (exact) mass is 417 g/mol. The minimum atomic E-state index is -0.00694. The normalized spacial score (nSPS) is 14.7. The molecule has 1 saturated carbocycles. The Kier molecular flexibility index (Phi) is 20.4. The molecule has 0 aromatic heterocycles. The smallest absolute Gasteiger partial charge is 0.246 e. The van der Waals surface area contributed by atoms with Crippen LogP contribution in [-0.2, 0) is 16.0 Å². The lowest BCUT2D eigenvalue weighted by atomic mass is 9.72. The van der Waals surface area contributed by atoms with E-state index in [1.54, 1.807) is 33.4 Å². The van der Waals surface area contributed by atoms with Crippen molar-refractivity contribution >= 4 is 5.91 Å². The summed E-state index contributed by atoms with van der Waals surface area (Å²) in [6.45, 7) is 12.1. The van der Waals surface area contributed by atoms with E-state index < -0.39 is 0 Å². The summed E-state index contributed by atoms with van der Waals surface area (Å²) in [5, 5.41) is 2.51. The van der Waals surface area contributed by atoms with Gasteiger partial charge in [0.15, 0.2) is 0 Å².